The van der Waals surface area contributed by atoms with Crippen LogP contribution in [-0.2, 0) is 17.6 Å². The number of hydrogen-bond donors (Lipinski definition) is 2. The number of aromatic amines is 1. The number of anilines is 1. The predicted octanol–water partition coefficient (Wildman–Crippen LogP) is 3.41. The highest BCUT2D eigenvalue weighted by Gasteiger charge is 2.49. The molecule has 4 rings (SSSR count). The second kappa shape index (κ2) is 6.88. The lowest BCUT2D eigenvalue weighted by Gasteiger charge is -2.16. The number of carbonyl (C=O) groups excluding carboxylic acids is 1. The van der Waals surface area contributed by atoms with Crippen LogP contribution >= 0.6 is 11.6 Å². The maximum atomic E-state index is 12.8. The van der Waals surface area contributed by atoms with Crippen molar-refractivity contribution in [1.82, 2.24) is 20.6 Å². The third-order valence-electron chi connectivity index (χ3n) is 4.79. The maximum Gasteiger partial charge on any atom is 0.230 e. The van der Waals surface area contributed by atoms with Crippen molar-refractivity contribution in [2.45, 2.75) is 25.7 Å². The van der Waals surface area contributed by atoms with E-state index in [1.54, 1.807) is 0 Å². The number of carbonyl (C=O) groups is 1. The number of halogens is 1. The van der Waals surface area contributed by atoms with Crippen LogP contribution in [0.15, 0.2) is 48.5 Å². The minimum absolute atomic E-state index is 0.0586. The van der Waals surface area contributed by atoms with Crippen molar-refractivity contribution in [1.29, 1.82) is 0 Å². The third kappa shape index (κ3) is 3.60. The zero-order chi connectivity index (χ0) is 18.0. The van der Waals surface area contributed by atoms with Gasteiger partial charge < -0.3 is 5.32 Å². The fraction of sp³-hybridized carbons (Fsp3) is 0.263. The van der Waals surface area contributed by atoms with Crippen LogP contribution in [0.3, 0.4) is 0 Å². The molecule has 0 unspecified atom stereocenters. The molecule has 0 atom stereocenters. The average Bonchev–Trinajstić information content (AvgIpc) is 3.25. The minimum Gasteiger partial charge on any atom is -0.326 e. The van der Waals surface area contributed by atoms with E-state index in [0.29, 0.717) is 18.7 Å². The average molecular weight is 368 g/mol. The van der Waals surface area contributed by atoms with Crippen LogP contribution in [0, 0.1) is 5.41 Å². The predicted molar refractivity (Wildman–Crippen MR) is 98.9 cm³/mol. The molecule has 1 saturated carbocycles. The van der Waals surface area contributed by atoms with Crippen molar-refractivity contribution in [3.63, 3.8) is 0 Å². The normalized spacial score (nSPS) is 14.8. The van der Waals surface area contributed by atoms with E-state index in [2.05, 4.69) is 25.9 Å². The van der Waals surface area contributed by atoms with E-state index in [4.69, 9.17) is 11.6 Å². The Labute approximate surface area is 156 Å². The molecular formula is C19H18ClN5O. The SMILES string of the molecule is O=C(Nc1ccc(Cc2nn[nH]n2)cc1)C1(Cc2ccccc2Cl)CC1. The smallest absolute Gasteiger partial charge is 0.230 e. The molecular weight excluding hydrogens is 350 g/mol. The summed E-state index contributed by atoms with van der Waals surface area (Å²) >= 11 is 6.25. The lowest BCUT2D eigenvalue weighted by Crippen LogP contribution is -2.26. The van der Waals surface area contributed by atoms with Gasteiger partial charge in [0.1, 0.15) is 0 Å². The third-order valence-corrected chi connectivity index (χ3v) is 5.15. The highest BCUT2D eigenvalue weighted by atomic mass is 35.5. The molecule has 1 amide bonds. The molecule has 1 aliphatic rings. The monoisotopic (exact) mass is 367 g/mol. The number of tetrazole rings is 1. The zero-order valence-corrected chi connectivity index (χ0v) is 14.8. The number of H-pyrrole nitrogens is 1. The van der Waals surface area contributed by atoms with Crippen molar-refractivity contribution in [3.8, 4) is 0 Å². The van der Waals surface area contributed by atoms with Crippen LogP contribution in [0.2, 0.25) is 5.02 Å². The summed E-state index contributed by atoms with van der Waals surface area (Å²) in [6.45, 7) is 0. The van der Waals surface area contributed by atoms with E-state index in [-0.39, 0.29) is 11.3 Å². The first-order chi connectivity index (χ1) is 12.6. The Morgan fingerprint density at radius 2 is 1.92 bits per heavy atom. The topological polar surface area (TPSA) is 83.6 Å². The van der Waals surface area contributed by atoms with Crippen LogP contribution < -0.4 is 5.32 Å². The lowest BCUT2D eigenvalue weighted by molar-refractivity contribution is -0.121. The number of amides is 1. The summed E-state index contributed by atoms with van der Waals surface area (Å²) in [4.78, 5) is 12.8. The van der Waals surface area contributed by atoms with Gasteiger partial charge in [-0.25, -0.2) is 0 Å². The minimum atomic E-state index is -0.339. The first kappa shape index (κ1) is 16.7. The van der Waals surface area contributed by atoms with Gasteiger partial charge in [-0.05, 0) is 48.6 Å². The van der Waals surface area contributed by atoms with E-state index in [1.165, 1.54) is 0 Å². The Kier molecular flexibility index (Phi) is 4.42. The molecule has 1 heterocycles. The van der Waals surface area contributed by atoms with Gasteiger partial charge in [-0.2, -0.15) is 5.21 Å². The number of nitrogens with one attached hydrogen (secondary N) is 2. The van der Waals surface area contributed by atoms with E-state index < -0.39 is 0 Å². The molecule has 1 fully saturated rings. The van der Waals surface area contributed by atoms with Crippen molar-refractivity contribution >= 4 is 23.2 Å². The molecule has 26 heavy (non-hydrogen) atoms. The Bertz CT molecular complexity index is 904. The van der Waals surface area contributed by atoms with Gasteiger partial charge in [-0.15, -0.1) is 10.2 Å². The molecule has 0 saturated heterocycles. The fourth-order valence-electron chi connectivity index (χ4n) is 3.05. The molecule has 132 valence electrons. The molecule has 6 nitrogen and oxygen atoms in total. The fourth-order valence-corrected chi connectivity index (χ4v) is 3.25. The lowest BCUT2D eigenvalue weighted by atomic mass is 9.95. The summed E-state index contributed by atoms with van der Waals surface area (Å²) in [5.41, 5.74) is 2.53. The molecule has 0 bridgehead atoms. The van der Waals surface area contributed by atoms with Gasteiger partial charge in [0.15, 0.2) is 5.82 Å². The molecule has 0 spiro atoms. The molecule has 0 radical (unpaired) electrons. The maximum absolute atomic E-state index is 12.8. The quantitative estimate of drug-likeness (QED) is 0.699. The largest absolute Gasteiger partial charge is 0.326 e. The van der Waals surface area contributed by atoms with Crippen LogP contribution in [0.5, 0.6) is 0 Å². The zero-order valence-electron chi connectivity index (χ0n) is 14.1. The van der Waals surface area contributed by atoms with Crippen molar-refractivity contribution in [2.24, 2.45) is 5.41 Å². The van der Waals surface area contributed by atoms with Crippen LogP contribution in [0.1, 0.15) is 29.8 Å². The summed E-state index contributed by atoms with van der Waals surface area (Å²) in [5, 5.41) is 17.6. The van der Waals surface area contributed by atoms with Crippen LogP contribution in [-0.4, -0.2) is 26.5 Å². The second-order valence-electron chi connectivity index (χ2n) is 6.70. The van der Waals surface area contributed by atoms with Crippen LogP contribution in [0.4, 0.5) is 5.69 Å². The highest BCUT2D eigenvalue weighted by Crippen LogP contribution is 2.50. The van der Waals surface area contributed by atoms with Gasteiger partial charge in [0.2, 0.25) is 5.91 Å². The summed E-state index contributed by atoms with van der Waals surface area (Å²) in [6.07, 6.45) is 3.05. The first-order valence-corrected chi connectivity index (χ1v) is 8.89. The molecule has 2 N–H and O–H groups in total. The summed E-state index contributed by atoms with van der Waals surface area (Å²) in [6, 6.07) is 15.4. The van der Waals surface area contributed by atoms with Crippen molar-refractivity contribution in [2.75, 3.05) is 5.32 Å². The Hall–Kier alpha value is -2.73. The summed E-state index contributed by atoms with van der Waals surface area (Å²) in [5.74, 6) is 0.696. The van der Waals surface area contributed by atoms with E-state index >= 15 is 0 Å². The first-order valence-electron chi connectivity index (χ1n) is 8.51. The van der Waals surface area contributed by atoms with E-state index in [0.717, 1.165) is 34.7 Å². The van der Waals surface area contributed by atoms with Gasteiger partial charge in [-0.3, -0.25) is 4.79 Å². The molecule has 3 aromatic rings. The standard InChI is InChI=1S/C19H18ClN5O/c20-16-4-2-1-3-14(16)12-19(9-10-19)18(26)21-15-7-5-13(6-8-15)11-17-22-24-25-23-17/h1-8H,9-12H2,(H,21,26)(H,22,23,24,25). The van der Waals surface area contributed by atoms with Gasteiger partial charge in [0, 0.05) is 17.1 Å². The van der Waals surface area contributed by atoms with Crippen LogP contribution in [0.25, 0.3) is 0 Å². The van der Waals surface area contributed by atoms with E-state index in [9.17, 15) is 4.79 Å². The molecule has 1 aliphatic carbocycles. The Morgan fingerprint density at radius 3 is 2.58 bits per heavy atom. The summed E-state index contributed by atoms with van der Waals surface area (Å²) < 4.78 is 0. The second-order valence-corrected chi connectivity index (χ2v) is 7.11. The highest BCUT2D eigenvalue weighted by molar-refractivity contribution is 6.31. The van der Waals surface area contributed by atoms with Gasteiger partial charge in [0.05, 0.1) is 5.41 Å². The van der Waals surface area contributed by atoms with Crippen molar-refractivity contribution < 1.29 is 4.79 Å². The number of rotatable bonds is 6. The Balaban J connectivity index is 1.40. The number of benzene rings is 2. The molecule has 0 aliphatic heterocycles. The number of aromatic nitrogens is 4. The number of hydrogen-bond acceptors (Lipinski definition) is 4. The molecule has 2 aromatic carbocycles. The van der Waals surface area contributed by atoms with Gasteiger partial charge in [-0.1, -0.05) is 47.1 Å². The number of nitrogens with zero attached hydrogens (tertiary/aromatic N) is 3. The van der Waals surface area contributed by atoms with Crippen molar-refractivity contribution in [3.05, 3.63) is 70.5 Å². The van der Waals surface area contributed by atoms with Gasteiger partial charge in [0.25, 0.3) is 0 Å². The molecule has 1 aromatic heterocycles. The van der Waals surface area contributed by atoms with Gasteiger partial charge >= 0.3 is 0 Å². The Morgan fingerprint density at radius 1 is 1.15 bits per heavy atom. The molecule has 7 heteroatoms. The van der Waals surface area contributed by atoms with E-state index in [1.807, 2.05) is 48.5 Å². The summed E-state index contributed by atoms with van der Waals surface area (Å²) in [7, 11) is 0.